The highest BCUT2D eigenvalue weighted by atomic mass is 16.5. The number of hydrogen-bond donors (Lipinski definition) is 0. The van der Waals surface area contributed by atoms with E-state index in [2.05, 4.69) is 21.9 Å². The molecule has 2 heterocycles. The van der Waals surface area contributed by atoms with Crippen molar-refractivity contribution < 1.29 is 14.3 Å². The molecule has 1 aliphatic carbocycles. The lowest BCUT2D eigenvalue weighted by atomic mass is 9.67. The number of carbonyl (C=O) groups excluding carboxylic acids is 2. The highest BCUT2D eigenvalue weighted by molar-refractivity contribution is 5.85. The van der Waals surface area contributed by atoms with Gasteiger partial charge >= 0.3 is 5.97 Å². The molecule has 0 unspecified atom stereocenters. The van der Waals surface area contributed by atoms with E-state index in [0.29, 0.717) is 18.5 Å². The van der Waals surface area contributed by atoms with Gasteiger partial charge in [0, 0.05) is 12.6 Å². The number of amides is 1. The monoisotopic (exact) mass is 356 g/mol. The quantitative estimate of drug-likeness (QED) is 0.778. The first-order valence-electron chi connectivity index (χ1n) is 9.75. The number of nitrogens with zero attached hydrogens (tertiary/aromatic N) is 2. The lowest BCUT2D eigenvalue weighted by Gasteiger charge is -2.50. The van der Waals surface area contributed by atoms with Crippen LogP contribution in [0.15, 0.2) is 30.3 Å². The first kappa shape index (κ1) is 17.5. The van der Waals surface area contributed by atoms with E-state index in [1.807, 2.05) is 18.2 Å². The normalized spacial score (nSPS) is 26.1. The molecule has 1 saturated carbocycles. The first-order chi connectivity index (χ1) is 12.6. The van der Waals surface area contributed by atoms with Crippen LogP contribution in [0.2, 0.25) is 0 Å². The zero-order valence-electron chi connectivity index (χ0n) is 15.5. The van der Waals surface area contributed by atoms with Crippen molar-refractivity contribution in [2.45, 2.75) is 44.1 Å². The van der Waals surface area contributed by atoms with Crippen LogP contribution >= 0.6 is 0 Å². The molecule has 5 nitrogen and oxygen atoms in total. The minimum atomic E-state index is -0.165. The third kappa shape index (κ3) is 3.50. The molecule has 1 atom stereocenters. The molecular formula is C21H28N2O3. The van der Waals surface area contributed by atoms with Crippen molar-refractivity contribution in [3.8, 4) is 0 Å². The summed E-state index contributed by atoms with van der Waals surface area (Å²) >= 11 is 0. The van der Waals surface area contributed by atoms with Gasteiger partial charge in [0.15, 0.2) is 0 Å². The maximum absolute atomic E-state index is 13.1. The molecule has 1 spiro atoms. The van der Waals surface area contributed by atoms with Crippen LogP contribution in [-0.2, 0) is 14.3 Å². The molecule has 5 heteroatoms. The molecule has 140 valence electrons. The SMILES string of the molecule is COC(=O)CN1CCC2(CC1)C[C@@H](c1ccccc1)C(=O)N(C1CC1)C2. The Hall–Kier alpha value is -1.88. The van der Waals surface area contributed by atoms with Crippen LogP contribution in [0.25, 0.3) is 0 Å². The molecule has 0 radical (unpaired) electrons. The molecule has 1 aromatic rings. The lowest BCUT2D eigenvalue weighted by Crippen LogP contribution is -2.55. The Morgan fingerprint density at radius 2 is 1.88 bits per heavy atom. The summed E-state index contributed by atoms with van der Waals surface area (Å²) in [6, 6.07) is 10.7. The van der Waals surface area contributed by atoms with Crippen molar-refractivity contribution in [2.75, 3.05) is 33.3 Å². The van der Waals surface area contributed by atoms with Crippen LogP contribution < -0.4 is 0 Å². The van der Waals surface area contributed by atoms with Crippen LogP contribution in [-0.4, -0.2) is 61.0 Å². The fourth-order valence-corrected chi connectivity index (χ4v) is 4.66. The molecule has 0 aromatic heterocycles. The Balaban J connectivity index is 1.51. The summed E-state index contributed by atoms with van der Waals surface area (Å²) in [5.41, 5.74) is 1.34. The Labute approximate surface area is 155 Å². The summed E-state index contributed by atoms with van der Waals surface area (Å²) in [4.78, 5) is 29.1. The second-order valence-electron chi connectivity index (χ2n) is 8.22. The van der Waals surface area contributed by atoms with Crippen molar-refractivity contribution in [1.29, 1.82) is 0 Å². The second kappa shape index (κ2) is 7.03. The fraction of sp³-hybridized carbons (Fsp3) is 0.619. The number of benzene rings is 1. The maximum atomic E-state index is 13.1. The van der Waals surface area contributed by atoms with Crippen LogP contribution in [0.5, 0.6) is 0 Å². The van der Waals surface area contributed by atoms with E-state index in [0.717, 1.165) is 57.3 Å². The van der Waals surface area contributed by atoms with Gasteiger partial charge in [0.1, 0.15) is 0 Å². The molecular weight excluding hydrogens is 328 g/mol. The van der Waals surface area contributed by atoms with Crippen LogP contribution in [0, 0.1) is 5.41 Å². The Morgan fingerprint density at radius 3 is 2.50 bits per heavy atom. The maximum Gasteiger partial charge on any atom is 0.319 e. The lowest BCUT2D eigenvalue weighted by molar-refractivity contribution is -0.144. The first-order valence-corrected chi connectivity index (χ1v) is 9.75. The molecule has 26 heavy (non-hydrogen) atoms. The van der Waals surface area contributed by atoms with Gasteiger partial charge in [0.05, 0.1) is 19.6 Å². The molecule has 2 saturated heterocycles. The number of carbonyl (C=O) groups is 2. The number of esters is 1. The van der Waals surface area contributed by atoms with Gasteiger partial charge in [-0.15, -0.1) is 0 Å². The second-order valence-corrected chi connectivity index (χ2v) is 8.22. The van der Waals surface area contributed by atoms with Crippen molar-refractivity contribution >= 4 is 11.9 Å². The van der Waals surface area contributed by atoms with Crippen LogP contribution in [0.4, 0.5) is 0 Å². The number of rotatable bonds is 4. The van der Waals surface area contributed by atoms with E-state index < -0.39 is 0 Å². The molecule has 0 N–H and O–H groups in total. The summed E-state index contributed by atoms with van der Waals surface area (Å²) in [7, 11) is 1.44. The molecule has 0 bridgehead atoms. The topological polar surface area (TPSA) is 49.9 Å². The van der Waals surface area contributed by atoms with Gasteiger partial charge in [-0.2, -0.15) is 0 Å². The Kier molecular flexibility index (Phi) is 4.74. The number of methoxy groups -OCH3 is 1. The number of likely N-dealkylation sites (tertiary alicyclic amines) is 2. The minimum absolute atomic E-state index is 0.0160. The van der Waals surface area contributed by atoms with Gasteiger partial charge in [-0.25, -0.2) is 0 Å². The van der Waals surface area contributed by atoms with Gasteiger partial charge in [0.2, 0.25) is 5.91 Å². The third-order valence-electron chi connectivity index (χ3n) is 6.41. The summed E-state index contributed by atoms with van der Waals surface area (Å²) < 4.78 is 4.80. The molecule has 1 aromatic carbocycles. The van der Waals surface area contributed by atoms with Crippen LogP contribution in [0.1, 0.15) is 43.6 Å². The zero-order valence-corrected chi connectivity index (χ0v) is 15.5. The van der Waals surface area contributed by atoms with E-state index in [1.165, 1.54) is 7.11 Å². The minimum Gasteiger partial charge on any atom is -0.468 e. The van der Waals surface area contributed by atoms with Crippen molar-refractivity contribution in [3.05, 3.63) is 35.9 Å². The number of piperidine rings is 2. The van der Waals surface area contributed by atoms with Crippen molar-refractivity contribution in [3.63, 3.8) is 0 Å². The van der Waals surface area contributed by atoms with Gasteiger partial charge in [0.25, 0.3) is 0 Å². The van der Waals surface area contributed by atoms with Gasteiger partial charge < -0.3 is 9.64 Å². The summed E-state index contributed by atoms with van der Waals surface area (Å²) in [5, 5.41) is 0. The summed E-state index contributed by atoms with van der Waals surface area (Å²) in [6.45, 7) is 3.08. The highest BCUT2D eigenvalue weighted by Crippen LogP contribution is 2.48. The van der Waals surface area contributed by atoms with Crippen molar-refractivity contribution in [2.24, 2.45) is 5.41 Å². The highest BCUT2D eigenvalue weighted by Gasteiger charge is 2.49. The van der Waals surface area contributed by atoms with Crippen LogP contribution in [0.3, 0.4) is 0 Å². The van der Waals surface area contributed by atoms with E-state index in [1.54, 1.807) is 0 Å². The van der Waals surface area contributed by atoms with Gasteiger partial charge in [-0.3, -0.25) is 14.5 Å². The molecule has 2 aliphatic heterocycles. The summed E-state index contributed by atoms with van der Waals surface area (Å²) in [6.07, 6.45) is 5.33. The Morgan fingerprint density at radius 1 is 1.19 bits per heavy atom. The van der Waals surface area contributed by atoms with Gasteiger partial charge in [-0.1, -0.05) is 30.3 Å². The number of hydrogen-bond acceptors (Lipinski definition) is 4. The number of ether oxygens (including phenoxy) is 1. The summed E-state index contributed by atoms with van der Waals surface area (Å²) in [5.74, 6) is 0.139. The molecule has 1 amide bonds. The van der Waals surface area contributed by atoms with E-state index in [9.17, 15) is 9.59 Å². The third-order valence-corrected chi connectivity index (χ3v) is 6.41. The fourth-order valence-electron chi connectivity index (χ4n) is 4.66. The van der Waals surface area contributed by atoms with Gasteiger partial charge in [-0.05, 0) is 56.2 Å². The molecule has 3 aliphatic rings. The zero-order chi connectivity index (χ0) is 18.1. The van der Waals surface area contributed by atoms with E-state index in [-0.39, 0.29) is 17.3 Å². The smallest absolute Gasteiger partial charge is 0.319 e. The molecule has 3 fully saturated rings. The molecule has 4 rings (SSSR count). The predicted molar refractivity (Wildman–Crippen MR) is 98.7 cm³/mol. The van der Waals surface area contributed by atoms with E-state index >= 15 is 0 Å². The Bertz CT molecular complexity index is 663. The predicted octanol–water partition coefficient (Wildman–Crippen LogP) is 2.42. The average Bonchev–Trinajstić information content (AvgIpc) is 3.51. The van der Waals surface area contributed by atoms with E-state index in [4.69, 9.17) is 4.74 Å². The average molecular weight is 356 g/mol. The van der Waals surface area contributed by atoms with Crippen molar-refractivity contribution in [1.82, 2.24) is 9.80 Å². The largest absolute Gasteiger partial charge is 0.468 e. The standard InChI is InChI=1S/C21H28N2O3/c1-26-19(24)14-22-11-9-21(10-12-22)13-18(16-5-3-2-4-6-16)20(25)23(15-21)17-7-8-17/h2-6,17-18H,7-15H2,1H3/t18-/m0/s1.